The average molecular weight is 304 g/mol. The molecule has 0 spiro atoms. The molecule has 2 amide bonds. The Labute approximate surface area is 129 Å². The summed E-state index contributed by atoms with van der Waals surface area (Å²) in [5, 5.41) is 14.7. The van der Waals surface area contributed by atoms with Crippen LogP contribution < -0.4 is 10.6 Å². The summed E-state index contributed by atoms with van der Waals surface area (Å²) < 4.78 is 5.29. The maximum Gasteiger partial charge on any atom is 0.338 e. The Morgan fingerprint density at radius 3 is 2.55 bits per heavy atom. The molecule has 0 aromatic heterocycles. The van der Waals surface area contributed by atoms with E-state index in [1.54, 1.807) is 19.1 Å². The van der Waals surface area contributed by atoms with E-state index >= 15 is 0 Å². The van der Waals surface area contributed by atoms with Crippen LogP contribution in [0.3, 0.4) is 0 Å². The molecule has 0 saturated heterocycles. The number of urea groups is 1. The van der Waals surface area contributed by atoms with Crippen LogP contribution in [0.1, 0.15) is 32.4 Å². The van der Waals surface area contributed by atoms with E-state index in [2.05, 4.69) is 10.6 Å². The maximum absolute atomic E-state index is 12.3. The number of phenolic OH excluding ortho intramolecular Hbond substituents is 1. The number of hydrogen-bond donors (Lipinski definition) is 3. The summed E-state index contributed by atoms with van der Waals surface area (Å²) in [5.41, 5.74) is 1.53. The van der Waals surface area contributed by atoms with E-state index in [0.29, 0.717) is 23.4 Å². The third-order valence-electron chi connectivity index (χ3n) is 3.26. The second-order valence-electron chi connectivity index (χ2n) is 5.65. The van der Waals surface area contributed by atoms with Crippen LogP contribution in [0.4, 0.5) is 4.79 Å². The van der Waals surface area contributed by atoms with Gasteiger partial charge in [0.25, 0.3) is 0 Å². The first-order valence-electron chi connectivity index (χ1n) is 7.12. The molecule has 22 heavy (non-hydrogen) atoms. The molecule has 118 valence electrons. The summed E-state index contributed by atoms with van der Waals surface area (Å²) in [6.45, 7) is 5.88. The Morgan fingerprint density at radius 2 is 1.95 bits per heavy atom. The molecule has 2 rings (SSSR count). The summed E-state index contributed by atoms with van der Waals surface area (Å²) in [4.78, 5) is 24.1. The van der Waals surface area contributed by atoms with Gasteiger partial charge >= 0.3 is 12.0 Å². The summed E-state index contributed by atoms with van der Waals surface area (Å²) in [6, 6.07) is 5.36. The van der Waals surface area contributed by atoms with Crippen LogP contribution in [-0.4, -0.2) is 23.7 Å². The lowest BCUT2D eigenvalue weighted by molar-refractivity contribution is -0.140. The molecule has 0 saturated carbocycles. The first-order chi connectivity index (χ1) is 10.4. The zero-order valence-electron chi connectivity index (χ0n) is 12.8. The van der Waals surface area contributed by atoms with Gasteiger partial charge in [0, 0.05) is 5.70 Å². The quantitative estimate of drug-likeness (QED) is 0.744. The van der Waals surface area contributed by atoms with Gasteiger partial charge in [-0.05, 0) is 30.5 Å². The van der Waals surface area contributed by atoms with Crippen molar-refractivity contribution in [1.82, 2.24) is 10.6 Å². The molecular formula is C16H20N2O4. The molecule has 6 heteroatoms. The van der Waals surface area contributed by atoms with Crippen LogP contribution in [-0.2, 0) is 9.53 Å². The lowest BCUT2D eigenvalue weighted by atomic mass is 9.95. The number of aromatic hydroxyl groups is 1. The summed E-state index contributed by atoms with van der Waals surface area (Å²) in [7, 11) is 0. The zero-order chi connectivity index (χ0) is 16.3. The minimum atomic E-state index is -0.603. The highest BCUT2D eigenvalue weighted by Crippen LogP contribution is 2.28. The summed E-state index contributed by atoms with van der Waals surface area (Å²) >= 11 is 0. The van der Waals surface area contributed by atoms with Crippen LogP contribution in [0.15, 0.2) is 35.5 Å². The molecule has 1 heterocycles. The van der Waals surface area contributed by atoms with Crippen molar-refractivity contribution in [2.24, 2.45) is 5.92 Å². The predicted molar refractivity (Wildman–Crippen MR) is 81.0 cm³/mol. The van der Waals surface area contributed by atoms with Gasteiger partial charge in [0.15, 0.2) is 0 Å². The smallest absolute Gasteiger partial charge is 0.338 e. The van der Waals surface area contributed by atoms with E-state index < -0.39 is 12.0 Å². The third-order valence-corrected chi connectivity index (χ3v) is 3.26. The highest BCUT2D eigenvalue weighted by atomic mass is 16.5. The number of rotatable bonds is 4. The standard InChI is InChI=1S/C16H20N2O4/c1-9(2)8-22-15(20)13-10(3)17-16(21)18-14(13)11-4-6-12(19)7-5-11/h4-7,9,14,19H,8H2,1-3H3,(H2,17,18,21). The van der Waals surface area contributed by atoms with Crippen LogP contribution in [0, 0.1) is 5.92 Å². The van der Waals surface area contributed by atoms with Crippen molar-refractivity contribution in [2.75, 3.05) is 6.61 Å². The van der Waals surface area contributed by atoms with Crippen molar-refractivity contribution in [3.05, 3.63) is 41.1 Å². The largest absolute Gasteiger partial charge is 0.508 e. The van der Waals surface area contributed by atoms with Crippen LogP contribution in [0.2, 0.25) is 0 Å². The van der Waals surface area contributed by atoms with Crippen molar-refractivity contribution < 1.29 is 19.4 Å². The molecule has 3 N–H and O–H groups in total. The van der Waals surface area contributed by atoms with E-state index in [-0.39, 0.29) is 17.7 Å². The van der Waals surface area contributed by atoms with Crippen molar-refractivity contribution in [2.45, 2.75) is 26.8 Å². The number of nitrogens with one attached hydrogen (secondary N) is 2. The SMILES string of the molecule is CC1=C(C(=O)OCC(C)C)C(c2ccc(O)cc2)NC(=O)N1. The van der Waals surface area contributed by atoms with E-state index in [1.807, 2.05) is 13.8 Å². The fourth-order valence-electron chi connectivity index (χ4n) is 2.20. The van der Waals surface area contributed by atoms with Crippen molar-refractivity contribution >= 4 is 12.0 Å². The third kappa shape index (κ3) is 3.58. The van der Waals surface area contributed by atoms with Gasteiger partial charge in [-0.3, -0.25) is 0 Å². The number of carbonyl (C=O) groups excluding carboxylic acids is 2. The zero-order valence-corrected chi connectivity index (χ0v) is 12.8. The molecule has 1 aromatic carbocycles. The van der Waals surface area contributed by atoms with Crippen LogP contribution in [0.25, 0.3) is 0 Å². The van der Waals surface area contributed by atoms with Crippen LogP contribution >= 0.6 is 0 Å². The number of amides is 2. The Hall–Kier alpha value is -2.50. The number of esters is 1. The summed E-state index contributed by atoms with van der Waals surface area (Å²) in [5.74, 6) is -0.117. The number of ether oxygens (including phenoxy) is 1. The van der Waals surface area contributed by atoms with Gasteiger partial charge in [-0.2, -0.15) is 0 Å². The number of phenols is 1. The Kier molecular flexibility index (Phi) is 4.70. The fraction of sp³-hybridized carbons (Fsp3) is 0.375. The van der Waals surface area contributed by atoms with Gasteiger partial charge in [-0.15, -0.1) is 0 Å². The number of allylic oxidation sites excluding steroid dienone is 1. The van der Waals surface area contributed by atoms with Gasteiger partial charge in [0.1, 0.15) is 5.75 Å². The lowest BCUT2D eigenvalue weighted by Crippen LogP contribution is -2.45. The van der Waals surface area contributed by atoms with Crippen molar-refractivity contribution in [3.63, 3.8) is 0 Å². The molecule has 0 radical (unpaired) electrons. The number of benzene rings is 1. The monoisotopic (exact) mass is 304 g/mol. The average Bonchev–Trinajstić information content (AvgIpc) is 2.44. The first-order valence-corrected chi connectivity index (χ1v) is 7.12. The Morgan fingerprint density at radius 1 is 1.32 bits per heavy atom. The predicted octanol–water partition coefficient (Wildman–Crippen LogP) is 2.22. The van der Waals surface area contributed by atoms with Crippen molar-refractivity contribution in [1.29, 1.82) is 0 Å². The molecule has 0 fully saturated rings. The fourth-order valence-corrected chi connectivity index (χ4v) is 2.20. The molecule has 1 unspecified atom stereocenters. The lowest BCUT2D eigenvalue weighted by Gasteiger charge is -2.28. The van der Waals surface area contributed by atoms with Gasteiger partial charge in [-0.1, -0.05) is 26.0 Å². The summed E-state index contributed by atoms with van der Waals surface area (Å²) in [6.07, 6.45) is 0. The molecule has 1 aliphatic heterocycles. The molecule has 6 nitrogen and oxygen atoms in total. The molecule has 0 aliphatic carbocycles. The highest BCUT2D eigenvalue weighted by Gasteiger charge is 2.32. The van der Waals surface area contributed by atoms with Crippen molar-refractivity contribution in [3.8, 4) is 5.75 Å². The second-order valence-corrected chi connectivity index (χ2v) is 5.65. The van der Waals surface area contributed by atoms with E-state index in [0.717, 1.165) is 0 Å². The molecular weight excluding hydrogens is 284 g/mol. The van der Waals surface area contributed by atoms with Gasteiger partial charge in [0.05, 0.1) is 18.2 Å². The molecule has 1 atom stereocenters. The molecule has 1 aromatic rings. The van der Waals surface area contributed by atoms with E-state index in [1.165, 1.54) is 12.1 Å². The molecule has 1 aliphatic rings. The van der Waals surface area contributed by atoms with Gasteiger partial charge < -0.3 is 20.5 Å². The minimum absolute atomic E-state index is 0.119. The molecule has 0 bridgehead atoms. The van der Waals surface area contributed by atoms with Gasteiger partial charge in [0.2, 0.25) is 0 Å². The number of carbonyl (C=O) groups is 2. The Balaban J connectivity index is 2.32. The highest BCUT2D eigenvalue weighted by molar-refractivity contribution is 5.95. The first kappa shape index (κ1) is 15.9. The minimum Gasteiger partial charge on any atom is -0.508 e. The van der Waals surface area contributed by atoms with Crippen LogP contribution in [0.5, 0.6) is 5.75 Å². The Bertz CT molecular complexity index is 605. The van der Waals surface area contributed by atoms with E-state index in [9.17, 15) is 14.7 Å². The van der Waals surface area contributed by atoms with E-state index in [4.69, 9.17) is 4.74 Å². The topological polar surface area (TPSA) is 87.7 Å². The van der Waals surface area contributed by atoms with Gasteiger partial charge in [-0.25, -0.2) is 9.59 Å². The maximum atomic E-state index is 12.3. The number of hydrogen-bond acceptors (Lipinski definition) is 4. The second kappa shape index (κ2) is 6.51. The normalized spacial score (nSPS) is 18.0.